The van der Waals surface area contributed by atoms with Crippen molar-refractivity contribution in [1.82, 2.24) is 5.32 Å². The first-order chi connectivity index (χ1) is 4.90. The van der Waals surface area contributed by atoms with Gasteiger partial charge in [-0.05, 0) is 20.3 Å². The van der Waals surface area contributed by atoms with E-state index in [1.165, 1.54) is 0 Å². The highest BCUT2D eigenvalue weighted by atomic mass is 16.2. The fourth-order valence-corrected chi connectivity index (χ4v) is 0.618. The number of nitrogens with one attached hydrogen (secondary N) is 1. The van der Waals surface area contributed by atoms with Gasteiger partial charge in [0, 0.05) is 12.9 Å². The molecule has 0 aliphatic heterocycles. The maximum absolute atomic E-state index is 11.4. The molecule has 68 valence electrons. The van der Waals surface area contributed by atoms with E-state index in [9.17, 15) is 4.79 Å². The van der Waals surface area contributed by atoms with Crippen LogP contribution >= 0.6 is 0 Å². The lowest BCUT2D eigenvalue weighted by molar-refractivity contribution is -0.130. The van der Waals surface area contributed by atoms with Gasteiger partial charge in [-0.15, -0.1) is 0 Å². The Morgan fingerprint density at radius 3 is 2.27 bits per heavy atom. The van der Waals surface area contributed by atoms with Crippen LogP contribution in [0.2, 0.25) is 0 Å². The Labute approximate surface area is 70.9 Å². The van der Waals surface area contributed by atoms with Crippen LogP contribution in [-0.4, -0.2) is 11.9 Å². The number of hydrogen-bond acceptors (Lipinski definition) is 1. The molecule has 1 amide bonds. The van der Waals surface area contributed by atoms with E-state index in [2.05, 4.69) is 5.32 Å². The molecule has 2 heteroatoms. The first kappa shape index (κ1) is 10.5. The van der Waals surface area contributed by atoms with Crippen molar-refractivity contribution < 1.29 is 6.22 Å². The van der Waals surface area contributed by atoms with E-state index in [1.807, 2.05) is 34.6 Å². The number of rotatable bonds is 3. The minimum absolute atomic E-state index is 0. The highest BCUT2D eigenvalue weighted by Gasteiger charge is 2.25. The van der Waals surface area contributed by atoms with Crippen LogP contribution in [0.3, 0.4) is 0 Å². The Hall–Kier alpha value is -0.530. The largest absolute Gasteiger partial charge is 0.353 e. The summed E-state index contributed by atoms with van der Waals surface area (Å²) in [6.45, 7) is 9.91. The maximum atomic E-state index is 11.4. The second kappa shape index (κ2) is 3.74. The maximum Gasteiger partial charge on any atom is 0.225 e. The Morgan fingerprint density at radius 1 is 1.55 bits per heavy atom. The zero-order valence-electron chi connectivity index (χ0n) is 8.19. The lowest BCUT2D eigenvalue weighted by Crippen LogP contribution is -2.40. The Balaban J connectivity index is 0. The van der Waals surface area contributed by atoms with Gasteiger partial charge in [-0.2, -0.15) is 0 Å². The second-order valence-electron chi connectivity index (χ2n) is 3.87. The third-order valence-electron chi connectivity index (χ3n) is 1.92. The van der Waals surface area contributed by atoms with Crippen molar-refractivity contribution in [2.24, 2.45) is 5.41 Å². The number of carbonyl (C=O) groups is 1. The number of hydrogen-bond donors (Lipinski definition) is 1. The molecule has 0 heterocycles. The zero-order valence-corrected chi connectivity index (χ0v) is 8.19. The van der Waals surface area contributed by atoms with Gasteiger partial charge in [-0.25, -0.2) is 0 Å². The molecule has 0 unspecified atom stereocenters. The summed E-state index contributed by atoms with van der Waals surface area (Å²) in [5, 5.41) is 2.90. The SMILES string of the molecule is CCC(C)(C)C(=O)NC(C)C.[HH]. The predicted octanol–water partition coefficient (Wildman–Crippen LogP) is 2.19. The molecule has 0 saturated carbocycles. The zero-order chi connectivity index (χ0) is 9.07. The summed E-state index contributed by atoms with van der Waals surface area (Å²) < 4.78 is 0. The van der Waals surface area contributed by atoms with Crippen LogP contribution in [0, 0.1) is 5.41 Å². The van der Waals surface area contributed by atoms with Crippen molar-refractivity contribution in [2.45, 2.75) is 47.1 Å². The quantitative estimate of drug-likeness (QED) is 0.672. The van der Waals surface area contributed by atoms with Crippen LogP contribution in [-0.2, 0) is 4.79 Å². The summed E-state index contributed by atoms with van der Waals surface area (Å²) in [5.41, 5.74) is -0.218. The Kier molecular flexibility index (Phi) is 3.56. The fraction of sp³-hybridized carbons (Fsp3) is 0.889. The second-order valence-corrected chi connectivity index (χ2v) is 3.87. The van der Waals surface area contributed by atoms with Crippen molar-refractivity contribution in [3.05, 3.63) is 0 Å². The van der Waals surface area contributed by atoms with Crippen molar-refractivity contribution in [3.63, 3.8) is 0 Å². The van der Waals surface area contributed by atoms with E-state index in [1.54, 1.807) is 0 Å². The summed E-state index contributed by atoms with van der Waals surface area (Å²) in [6, 6.07) is 0.244. The molecule has 0 atom stereocenters. The molecule has 0 aliphatic rings. The van der Waals surface area contributed by atoms with Gasteiger partial charge in [-0.1, -0.05) is 20.8 Å². The van der Waals surface area contributed by atoms with E-state index < -0.39 is 0 Å². The summed E-state index contributed by atoms with van der Waals surface area (Å²) in [5.74, 6) is 0.148. The van der Waals surface area contributed by atoms with Gasteiger partial charge in [0.15, 0.2) is 0 Å². The van der Waals surface area contributed by atoms with Crippen molar-refractivity contribution in [3.8, 4) is 0 Å². The minimum Gasteiger partial charge on any atom is -0.353 e. The van der Waals surface area contributed by atoms with Gasteiger partial charge >= 0.3 is 0 Å². The molecule has 0 spiro atoms. The highest BCUT2D eigenvalue weighted by Crippen LogP contribution is 2.19. The third-order valence-corrected chi connectivity index (χ3v) is 1.92. The molecule has 0 aromatic carbocycles. The highest BCUT2D eigenvalue weighted by molar-refractivity contribution is 5.81. The third kappa shape index (κ3) is 3.40. The average Bonchev–Trinajstić information content (AvgIpc) is 1.86. The molecule has 0 aromatic heterocycles. The summed E-state index contributed by atoms with van der Waals surface area (Å²) in [7, 11) is 0. The van der Waals surface area contributed by atoms with Gasteiger partial charge in [-0.3, -0.25) is 4.79 Å². The predicted molar refractivity (Wildman–Crippen MR) is 49.5 cm³/mol. The first-order valence-corrected chi connectivity index (χ1v) is 4.21. The molecule has 0 aliphatic carbocycles. The van der Waals surface area contributed by atoms with E-state index in [0.717, 1.165) is 6.42 Å². The van der Waals surface area contributed by atoms with Gasteiger partial charge in [0.2, 0.25) is 5.91 Å². The number of amides is 1. The van der Waals surface area contributed by atoms with E-state index in [-0.39, 0.29) is 18.8 Å². The molecule has 0 bridgehead atoms. The number of carbonyl (C=O) groups excluding carboxylic acids is 1. The molecule has 0 saturated heterocycles. The monoisotopic (exact) mass is 159 g/mol. The minimum atomic E-state index is -0.218. The van der Waals surface area contributed by atoms with E-state index >= 15 is 0 Å². The van der Waals surface area contributed by atoms with Gasteiger partial charge < -0.3 is 5.32 Å². The van der Waals surface area contributed by atoms with E-state index in [4.69, 9.17) is 0 Å². The summed E-state index contributed by atoms with van der Waals surface area (Å²) in [6.07, 6.45) is 0.881. The molecule has 0 rings (SSSR count). The Morgan fingerprint density at radius 2 is 2.00 bits per heavy atom. The smallest absolute Gasteiger partial charge is 0.225 e. The first-order valence-electron chi connectivity index (χ1n) is 4.21. The van der Waals surface area contributed by atoms with Crippen LogP contribution in [0.5, 0.6) is 0 Å². The van der Waals surface area contributed by atoms with Crippen molar-refractivity contribution in [1.29, 1.82) is 0 Å². The lowest BCUT2D eigenvalue weighted by Gasteiger charge is -2.22. The Bertz CT molecular complexity index is 143. The van der Waals surface area contributed by atoms with Crippen LogP contribution in [0.15, 0.2) is 0 Å². The van der Waals surface area contributed by atoms with Crippen LogP contribution in [0.25, 0.3) is 0 Å². The molecule has 0 fully saturated rings. The molecular formula is C9H21NO. The molecule has 0 radical (unpaired) electrons. The lowest BCUT2D eigenvalue weighted by atomic mass is 9.89. The molecule has 11 heavy (non-hydrogen) atoms. The topological polar surface area (TPSA) is 29.1 Å². The molecule has 1 N–H and O–H groups in total. The molecule has 2 nitrogen and oxygen atoms in total. The molecule has 0 aromatic rings. The summed E-state index contributed by atoms with van der Waals surface area (Å²) >= 11 is 0. The van der Waals surface area contributed by atoms with Crippen molar-refractivity contribution >= 4 is 5.91 Å². The normalized spacial score (nSPS) is 11.8. The van der Waals surface area contributed by atoms with Crippen LogP contribution in [0.4, 0.5) is 0 Å². The van der Waals surface area contributed by atoms with Gasteiger partial charge in [0.05, 0.1) is 0 Å². The fourth-order valence-electron chi connectivity index (χ4n) is 0.618. The van der Waals surface area contributed by atoms with Crippen LogP contribution in [0.1, 0.15) is 42.5 Å². The van der Waals surface area contributed by atoms with Gasteiger partial charge in [0.1, 0.15) is 0 Å². The average molecular weight is 159 g/mol. The van der Waals surface area contributed by atoms with E-state index in [0.29, 0.717) is 0 Å². The molecular weight excluding hydrogens is 138 g/mol. The van der Waals surface area contributed by atoms with Gasteiger partial charge in [0.25, 0.3) is 0 Å². The van der Waals surface area contributed by atoms with Crippen molar-refractivity contribution in [2.75, 3.05) is 0 Å². The summed E-state index contributed by atoms with van der Waals surface area (Å²) in [4.78, 5) is 11.4. The van der Waals surface area contributed by atoms with Crippen LogP contribution < -0.4 is 5.32 Å². The standard InChI is InChI=1S/C9H19NO.H2/c1-6-9(4,5)8(11)10-7(2)3;/h7H,6H2,1-5H3,(H,10,11);1H.